The molecule has 1 heterocycles. The van der Waals surface area contributed by atoms with Gasteiger partial charge < -0.3 is 29.9 Å². The molecule has 1 aliphatic carbocycles. The van der Waals surface area contributed by atoms with E-state index in [-0.39, 0.29) is 0 Å². The highest BCUT2D eigenvalue weighted by Gasteiger charge is 2.44. The number of halogens is 2. The van der Waals surface area contributed by atoms with Gasteiger partial charge in [-0.3, -0.25) is 8.78 Å². The van der Waals surface area contributed by atoms with Gasteiger partial charge in [0.2, 0.25) is 0 Å². The Bertz CT molecular complexity index is 1000. The maximum Gasteiger partial charge on any atom is 0.119 e. The third-order valence-electron chi connectivity index (χ3n) is 8.13. The van der Waals surface area contributed by atoms with Crippen LogP contribution in [0.2, 0.25) is 0 Å². The van der Waals surface area contributed by atoms with Gasteiger partial charge in [-0.05, 0) is 79.3 Å². The first-order valence-electron chi connectivity index (χ1n) is 13.0. The van der Waals surface area contributed by atoms with Gasteiger partial charge in [0.15, 0.2) is 0 Å². The summed E-state index contributed by atoms with van der Waals surface area (Å²) in [7, 11) is 0. The van der Waals surface area contributed by atoms with Crippen LogP contribution in [0, 0.1) is 18.3 Å². The Morgan fingerprint density at radius 2 is 1.62 bits per heavy atom. The van der Waals surface area contributed by atoms with Crippen LogP contribution in [0.25, 0.3) is 0 Å². The van der Waals surface area contributed by atoms with Crippen molar-refractivity contribution >= 4 is 0 Å². The van der Waals surface area contributed by atoms with Gasteiger partial charge in [0.1, 0.15) is 36.3 Å². The minimum absolute atomic E-state index is 0.304. The lowest BCUT2D eigenvalue weighted by Gasteiger charge is -2.40. The summed E-state index contributed by atoms with van der Waals surface area (Å²) in [6, 6.07) is 13.5. The molecule has 4 N–H and O–H groups in total. The van der Waals surface area contributed by atoms with Crippen molar-refractivity contribution in [2.75, 3.05) is 26.6 Å². The second-order valence-corrected chi connectivity index (χ2v) is 10.8. The maximum absolute atomic E-state index is 13.2. The van der Waals surface area contributed by atoms with Gasteiger partial charge in [-0.25, -0.2) is 0 Å². The van der Waals surface area contributed by atoms with Gasteiger partial charge in [-0.1, -0.05) is 30.3 Å². The highest BCUT2D eigenvalue weighted by atomic mass is 19.1. The van der Waals surface area contributed by atoms with Crippen molar-refractivity contribution in [1.82, 2.24) is 0 Å². The first kappa shape index (κ1) is 27.9. The number of rotatable bonds is 9. The van der Waals surface area contributed by atoms with Gasteiger partial charge >= 0.3 is 0 Å². The highest BCUT2D eigenvalue weighted by Crippen LogP contribution is 2.40. The molecule has 2 fully saturated rings. The average Bonchev–Trinajstić information content (AvgIpc) is 2.93. The molecule has 0 spiro atoms. The summed E-state index contributed by atoms with van der Waals surface area (Å²) in [5.74, 6) is 1.06. The Labute approximate surface area is 216 Å². The lowest BCUT2D eigenvalue weighted by atomic mass is 9.72. The van der Waals surface area contributed by atoms with Crippen molar-refractivity contribution in [2.24, 2.45) is 11.3 Å². The monoisotopic (exact) mass is 520 g/mol. The van der Waals surface area contributed by atoms with Crippen molar-refractivity contribution in [2.45, 2.75) is 69.5 Å². The van der Waals surface area contributed by atoms with Gasteiger partial charge in [0.25, 0.3) is 0 Å². The highest BCUT2D eigenvalue weighted by molar-refractivity contribution is 5.38. The summed E-state index contributed by atoms with van der Waals surface area (Å²) >= 11 is 0. The van der Waals surface area contributed by atoms with E-state index >= 15 is 0 Å². The largest absolute Gasteiger partial charge is 0.493 e. The van der Waals surface area contributed by atoms with E-state index in [0.29, 0.717) is 37.4 Å². The Morgan fingerprint density at radius 1 is 0.946 bits per heavy atom. The van der Waals surface area contributed by atoms with E-state index in [1.165, 1.54) is 0 Å². The van der Waals surface area contributed by atoms with Crippen molar-refractivity contribution in [3.05, 3.63) is 64.7 Å². The van der Waals surface area contributed by atoms with Crippen molar-refractivity contribution in [3.8, 4) is 5.75 Å². The van der Waals surface area contributed by atoms with Crippen molar-refractivity contribution in [3.63, 3.8) is 0 Å². The Hall–Kier alpha value is -2.10. The Kier molecular flexibility index (Phi) is 9.19. The van der Waals surface area contributed by atoms with E-state index < -0.39 is 55.9 Å². The van der Waals surface area contributed by atoms with Gasteiger partial charge in [-0.15, -0.1) is 0 Å². The van der Waals surface area contributed by atoms with Gasteiger partial charge in [0.05, 0.1) is 26.6 Å². The second-order valence-electron chi connectivity index (χ2n) is 10.8. The fourth-order valence-corrected chi connectivity index (χ4v) is 5.33. The van der Waals surface area contributed by atoms with Crippen LogP contribution in [0.1, 0.15) is 54.0 Å². The first-order chi connectivity index (χ1) is 17.8. The molecule has 1 saturated carbocycles. The van der Waals surface area contributed by atoms with Crippen LogP contribution < -0.4 is 4.74 Å². The molecule has 5 atom stereocenters. The standard InChI is InChI=1S/C29H38F2O6/c1-18-2-5-21(28-27(35)26(34)25(33)24(14-32)37-28)13-22(18)12-19-3-6-23(7-4-19)36-15-20-8-10-29(16-30,17-31)11-9-20/h2-7,13,20,24-28,32-35H,8-12,14-17H2,1H3/t24-,25-,26+,27-,28+/m1/s1. The van der Waals surface area contributed by atoms with E-state index in [1.54, 1.807) is 0 Å². The van der Waals surface area contributed by atoms with E-state index in [1.807, 2.05) is 49.4 Å². The predicted molar refractivity (Wildman–Crippen MR) is 135 cm³/mol. The number of aliphatic hydroxyl groups excluding tert-OH is 4. The smallest absolute Gasteiger partial charge is 0.119 e. The summed E-state index contributed by atoms with van der Waals surface area (Å²) in [6.07, 6.45) is -2.65. The maximum atomic E-state index is 13.2. The summed E-state index contributed by atoms with van der Waals surface area (Å²) < 4.78 is 38.1. The van der Waals surface area contributed by atoms with E-state index in [2.05, 4.69) is 0 Å². The molecule has 0 amide bonds. The summed E-state index contributed by atoms with van der Waals surface area (Å²) in [4.78, 5) is 0. The Morgan fingerprint density at radius 3 is 2.24 bits per heavy atom. The molecule has 1 saturated heterocycles. The first-order valence-corrected chi connectivity index (χ1v) is 13.0. The molecule has 0 radical (unpaired) electrons. The zero-order valence-corrected chi connectivity index (χ0v) is 21.2. The van der Waals surface area contributed by atoms with Crippen LogP contribution >= 0.6 is 0 Å². The van der Waals surface area contributed by atoms with Crippen LogP contribution in [0.5, 0.6) is 5.75 Å². The molecule has 204 valence electrons. The molecular weight excluding hydrogens is 482 g/mol. The molecular formula is C29H38F2O6. The predicted octanol–water partition coefficient (Wildman–Crippen LogP) is 3.60. The van der Waals surface area contributed by atoms with Crippen molar-refractivity contribution < 1.29 is 38.7 Å². The molecule has 0 unspecified atom stereocenters. The van der Waals surface area contributed by atoms with Crippen LogP contribution in [0.15, 0.2) is 42.5 Å². The number of ether oxygens (including phenoxy) is 2. The number of hydrogen-bond acceptors (Lipinski definition) is 6. The number of aryl methyl sites for hydroxylation is 1. The fraction of sp³-hybridized carbons (Fsp3) is 0.586. The number of aliphatic hydroxyl groups is 4. The molecule has 2 aromatic rings. The number of alkyl halides is 2. The SMILES string of the molecule is Cc1ccc([C@@H]2O[C@H](CO)[C@@H](O)[C@H](O)[C@H]2O)cc1Cc1ccc(OCC2CCC(CF)(CF)CC2)cc1. The average molecular weight is 521 g/mol. The number of benzene rings is 2. The lowest BCUT2D eigenvalue weighted by molar-refractivity contribution is -0.231. The number of hydrogen-bond donors (Lipinski definition) is 4. The fourth-order valence-electron chi connectivity index (χ4n) is 5.33. The third kappa shape index (κ3) is 6.32. The molecule has 0 aromatic heterocycles. The molecule has 2 aliphatic rings. The third-order valence-corrected chi connectivity index (χ3v) is 8.13. The minimum atomic E-state index is -1.42. The summed E-state index contributed by atoms with van der Waals surface area (Å²) in [6.45, 7) is 0.876. The zero-order valence-electron chi connectivity index (χ0n) is 21.2. The topological polar surface area (TPSA) is 99.4 Å². The Balaban J connectivity index is 1.36. The van der Waals surface area contributed by atoms with Crippen LogP contribution in [0.3, 0.4) is 0 Å². The van der Waals surface area contributed by atoms with Crippen LogP contribution in [0.4, 0.5) is 8.78 Å². The van der Waals surface area contributed by atoms with E-state index in [9.17, 15) is 29.2 Å². The van der Waals surface area contributed by atoms with Crippen LogP contribution in [-0.2, 0) is 11.2 Å². The minimum Gasteiger partial charge on any atom is -0.493 e. The van der Waals surface area contributed by atoms with E-state index in [4.69, 9.17) is 9.47 Å². The van der Waals surface area contributed by atoms with Crippen molar-refractivity contribution in [1.29, 1.82) is 0 Å². The molecule has 0 bridgehead atoms. The van der Waals surface area contributed by atoms with Gasteiger partial charge in [0, 0.05) is 5.41 Å². The summed E-state index contributed by atoms with van der Waals surface area (Å²) in [5, 5.41) is 40.2. The zero-order chi connectivity index (χ0) is 26.6. The normalized spacial score (nSPS) is 28.2. The summed E-state index contributed by atoms with van der Waals surface area (Å²) in [5.41, 5.74) is 3.03. The van der Waals surface area contributed by atoms with Gasteiger partial charge in [-0.2, -0.15) is 0 Å². The molecule has 8 heteroatoms. The second kappa shape index (κ2) is 12.2. The molecule has 1 aliphatic heterocycles. The molecule has 37 heavy (non-hydrogen) atoms. The van der Waals surface area contributed by atoms with Crippen LogP contribution in [-0.4, -0.2) is 71.4 Å². The molecule has 6 nitrogen and oxygen atoms in total. The molecule has 2 aromatic carbocycles. The molecule has 4 rings (SSSR count). The quantitative estimate of drug-likeness (QED) is 0.403. The van der Waals surface area contributed by atoms with E-state index in [0.717, 1.165) is 35.3 Å². The lowest BCUT2D eigenvalue weighted by Crippen LogP contribution is -2.55.